The zero-order chi connectivity index (χ0) is 6.69. The van der Waals surface area contributed by atoms with Crippen LogP contribution in [0.4, 0.5) is 0 Å². The molecule has 0 radical (unpaired) electrons. The predicted molar refractivity (Wildman–Crippen MR) is 40.0 cm³/mol. The maximum absolute atomic E-state index is 4.66. The molecule has 1 aromatic heterocycles. The molecule has 0 bridgehead atoms. The van der Waals surface area contributed by atoms with Crippen molar-refractivity contribution < 1.29 is 0 Å². The van der Waals surface area contributed by atoms with Crippen LogP contribution in [-0.4, -0.2) is 22.4 Å². The first-order valence-corrected chi connectivity index (χ1v) is 3.00. The van der Waals surface area contributed by atoms with Crippen molar-refractivity contribution in [1.29, 1.82) is 0 Å². The summed E-state index contributed by atoms with van der Waals surface area (Å²) in [6.45, 7) is 0. The Hall–Kier alpha value is -0.900. The zero-order valence-electron chi connectivity index (χ0n) is 5.06. The Labute approximate surface area is 58.9 Å². The summed E-state index contributed by atoms with van der Waals surface area (Å²) in [7, 11) is 1.83. The largest absolute Gasteiger partial charge is 0.265 e. The Bertz CT molecular complexity index is 182. The van der Waals surface area contributed by atoms with Crippen LogP contribution in [0.1, 0.15) is 0 Å². The Morgan fingerprint density at radius 2 is 2.56 bits per heavy atom. The van der Waals surface area contributed by atoms with Crippen molar-refractivity contribution in [3.63, 3.8) is 0 Å². The molecule has 0 amide bonds. The molecule has 0 aliphatic rings. The summed E-state index contributed by atoms with van der Waals surface area (Å²) in [5.74, 6) is 0. The smallest absolute Gasteiger partial charge is 0.0858 e. The van der Waals surface area contributed by atoms with E-state index >= 15 is 0 Å². The molecular formula is C5H7N3S. The van der Waals surface area contributed by atoms with Gasteiger partial charge in [0.1, 0.15) is 0 Å². The fourth-order valence-electron chi connectivity index (χ4n) is 0.496. The summed E-state index contributed by atoms with van der Waals surface area (Å²) in [6, 6.07) is 1.84. The van der Waals surface area contributed by atoms with Crippen LogP contribution in [0.25, 0.3) is 0 Å². The average molecular weight is 141 g/mol. The minimum atomic E-state index is 1.52. The number of aromatic nitrogens is 2. The SMILES string of the molecule is CN(C=S)n1cccn1. The van der Waals surface area contributed by atoms with Gasteiger partial charge in [0.2, 0.25) is 0 Å². The molecule has 9 heavy (non-hydrogen) atoms. The van der Waals surface area contributed by atoms with Crippen LogP contribution < -0.4 is 5.01 Å². The molecule has 0 aromatic carbocycles. The van der Waals surface area contributed by atoms with Crippen LogP contribution >= 0.6 is 12.2 Å². The predicted octanol–water partition coefficient (Wildman–Crippen LogP) is 0.408. The average Bonchev–Trinajstić information content (AvgIpc) is 2.37. The summed E-state index contributed by atoms with van der Waals surface area (Å²) in [5.41, 5.74) is 1.52. The molecule has 0 N–H and O–H groups in total. The van der Waals surface area contributed by atoms with Crippen molar-refractivity contribution in [2.24, 2.45) is 0 Å². The summed E-state index contributed by atoms with van der Waals surface area (Å²) in [6.07, 6.45) is 3.53. The molecule has 1 aromatic rings. The Kier molecular flexibility index (Phi) is 1.79. The maximum atomic E-state index is 4.66. The lowest BCUT2D eigenvalue weighted by Crippen LogP contribution is -2.27. The first-order chi connectivity index (χ1) is 4.34. The van der Waals surface area contributed by atoms with E-state index < -0.39 is 0 Å². The maximum Gasteiger partial charge on any atom is 0.0858 e. The van der Waals surface area contributed by atoms with E-state index in [4.69, 9.17) is 0 Å². The van der Waals surface area contributed by atoms with Crippen LogP contribution in [0.2, 0.25) is 0 Å². The van der Waals surface area contributed by atoms with Gasteiger partial charge in [0, 0.05) is 13.2 Å². The number of thiocarbonyl (C=S) groups is 1. The molecule has 1 rings (SSSR count). The summed E-state index contributed by atoms with van der Waals surface area (Å²) < 4.78 is 0. The quantitative estimate of drug-likeness (QED) is 0.556. The molecule has 3 nitrogen and oxygen atoms in total. The highest BCUT2D eigenvalue weighted by atomic mass is 32.1. The minimum absolute atomic E-state index is 1.52. The lowest BCUT2D eigenvalue weighted by molar-refractivity contribution is 0.700. The molecule has 0 atom stereocenters. The normalized spacial score (nSPS) is 9.00. The van der Waals surface area contributed by atoms with Gasteiger partial charge in [-0.25, -0.2) is 0 Å². The lowest BCUT2D eigenvalue weighted by Gasteiger charge is -2.10. The number of hydrogen-bond acceptors (Lipinski definition) is 2. The zero-order valence-corrected chi connectivity index (χ0v) is 5.88. The molecule has 0 fully saturated rings. The molecule has 0 unspecified atom stereocenters. The van der Waals surface area contributed by atoms with Gasteiger partial charge in [-0.2, -0.15) is 9.89 Å². The van der Waals surface area contributed by atoms with Crippen LogP contribution in [0, 0.1) is 0 Å². The summed E-state index contributed by atoms with van der Waals surface area (Å²) in [5, 5.41) is 5.64. The molecule has 0 aliphatic heterocycles. The molecule has 4 heteroatoms. The van der Waals surface area contributed by atoms with E-state index in [2.05, 4.69) is 17.3 Å². The van der Waals surface area contributed by atoms with Gasteiger partial charge in [0.25, 0.3) is 0 Å². The molecular weight excluding hydrogens is 134 g/mol. The molecule has 0 spiro atoms. The molecule has 0 aliphatic carbocycles. The molecule has 0 saturated carbocycles. The second-order valence-corrected chi connectivity index (χ2v) is 1.82. The van der Waals surface area contributed by atoms with Crippen molar-refractivity contribution in [1.82, 2.24) is 9.89 Å². The van der Waals surface area contributed by atoms with Crippen molar-refractivity contribution in [2.75, 3.05) is 12.1 Å². The fourth-order valence-corrected chi connectivity index (χ4v) is 0.592. The monoisotopic (exact) mass is 141 g/mol. The summed E-state index contributed by atoms with van der Waals surface area (Å²) in [4.78, 5) is 1.65. The van der Waals surface area contributed by atoms with E-state index in [1.54, 1.807) is 16.0 Å². The second kappa shape index (κ2) is 2.59. The number of hydrogen-bond donors (Lipinski definition) is 0. The van der Waals surface area contributed by atoms with E-state index in [1.165, 1.54) is 5.49 Å². The Morgan fingerprint density at radius 1 is 1.78 bits per heavy atom. The second-order valence-electron chi connectivity index (χ2n) is 1.61. The third-order valence-electron chi connectivity index (χ3n) is 0.966. The Balaban J connectivity index is 2.76. The van der Waals surface area contributed by atoms with Crippen LogP contribution in [0.3, 0.4) is 0 Å². The molecule has 1 heterocycles. The standard InChI is InChI=1S/C5H7N3S/c1-7(5-9)8-4-2-3-6-8/h2-5H,1H3. The summed E-state index contributed by atoms with van der Waals surface area (Å²) >= 11 is 4.66. The topological polar surface area (TPSA) is 21.1 Å². The third-order valence-corrected chi connectivity index (χ3v) is 1.27. The Morgan fingerprint density at radius 3 is 3.00 bits per heavy atom. The van der Waals surface area contributed by atoms with Gasteiger partial charge < -0.3 is 0 Å². The van der Waals surface area contributed by atoms with Crippen molar-refractivity contribution in [2.45, 2.75) is 0 Å². The van der Waals surface area contributed by atoms with Gasteiger partial charge in [0.05, 0.1) is 11.7 Å². The highest BCUT2D eigenvalue weighted by molar-refractivity contribution is 7.79. The van der Waals surface area contributed by atoms with E-state index in [0.29, 0.717) is 0 Å². The van der Waals surface area contributed by atoms with Crippen molar-refractivity contribution in [3.8, 4) is 0 Å². The lowest BCUT2D eigenvalue weighted by atomic mass is 10.8. The third kappa shape index (κ3) is 1.26. The highest BCUT2D eigenvalue weighted by Gasteiger charge is 1.89. The first kappa shape index (κ1) is 6.22. The first-order valence-electron chi connectivity index (χ1n) is 2.52. The van der Waals surface area contributed by atoms with Gasteiger partial charge in [-0.15, -0.1) is 0 Å². The van der Waals surface area contributed by atoms with Gasteiger partial charge >= 0.3 is 0 Å². The molecule has 0 saturated heterocycles. The number of nitrogens with zero attached hydrogens (tertiary/aromatic N) is 3. The van der Waals surface area contributed by atoms with Gasteiger partial charge in [0.15, 0.2) is 0 Å². The van der Waals surface area contributed by atoms with E-state index in [-0.39, 0.29) is 0 Å². The number of rotatable bonds is 2. The van der Waals surface area contributed by atoms with Gasteiger partial charge in [-0.05, 0) is 6.07 Å². The molecule has 48 valence electrons. The van der Waals surface area contributed by atoms with Crippen LogP contribution in [-0.2, 0) is 0 Å². The van der Waals surface area contributed by atoms with E-state index in [9.17, 15) is 0 Å². The van der Waals surface area contributed by atoms with Crippen molar-refractivity contribution >= 4 is 17.7 Å². The minimum Gasteiger partial charge on any atom is -0.265 e. The van der Waals surface area contributed by atoms with Crippen LogP contribution in [0.5, 0.6) is 0 Å². The van der Waals surface area contributed by atoms with Crippen molar-refractivity contribution in [3.05, 3.63) is 18.5 Å². The van der Waals surface area contributed by atoms with Gasteiger partial charge in [-0.1, -0.05) is 12.2 Å². The van der Waals surface area contributed by atoms with E-state index in [1.807, 2.05) is 19.3 Å². The highest BCUT2D eigenvalue weighted by Crippen LogP contribution is 1.81. The fraction of sp³-hybridized carbons (Fsp3) is 0.200. The van der Waals surface area contributed by atoms with E-state index in [0.717, 1.165) is 0 Å². The van der Waals surface area contributed by atoms with Gasteiger partial charge in [-0.3, -0.25) is 5.01 Å². The van der Waals surface area contributed by atoms with Crippen LogP contribution in [0.15, 0.2) is 18.5 Å².